The number of nitrogens with zero attached hydrogens (tertiary/aromatic N) is 3. The van der Waals surface area contributed by atoms with Gasteiger partial charge < -0.3 is 5.32 Å². The van der Waals surface area contributed by atoms with Gasteiger partial charge >= 0.3 is 0 Å². The van der Waals surface area contributed by atoms with Crippen LogP contribution in [0, 0.1) is 20.2 Å². The van der Waals surface area contributed by atoms with Gasteiger partial charge in [-0.05, 0) is 39.7 Å². The Hall–Kier alpha value is -4.45. The van der Waals surface area contributed by atoms with E-state index in [4.69, 9.17) is 0 Å². The number of fused-ring (bicyclic) bond motifs is 1. The summed E-state index contributed by atoms with van der Waals surface area (Å²) >= 11 is 3.18. The molecule has 0 fully saturated rings. The number of nitro groups is 2. The van der Waals surface area contributed by atoms with Crippen LogP contribution in [-0.4, -0.2) is 38.5 Å². The Morgan fingerprint density at radius 3 is 1.94 bits per heavy atom. The van der Waals surface area contributed by atoms with Gasteiger partial charge in [-0.2, -0.15) is 0 Å². The topological polar surface area (TPSA) is 153 Å². The number of anilines is 1. The van der Waals surface area contributed by atoms with Crippen molar-refractivity contribution < 1.29 is 24.2 Å². The molecular formula is C23H15BrN4O7. The molecule has 1 aliphatic heterocycles. The van der Waals surface area contributed by atoms with Crippen molar-refractivity contribution in [1.82, 2.24) is 4.90 Å². The quantitative estimate of drug-likeness (QED) is 0.269. The van der Waals surface area contributed by atoms with E-state index in [1.807, 2.05) is 0 Å². The van der Waals surface area contributed by atoms with Crippen molar-refractivity contribution in [2.24, 2.45) is 0 Å². The van der Waals surface area contributed by atoms with Gasteiger partial charge in [-0.25, -0.2) is 0 Å². The molecule has 0 bridgehead atoms. The van der Waals surface area contributed by atoms with E-state index >= 15 is 0 Å². The van der Waals surface area contributed by atoms with Gasteiger partial charge in [0.05, 0.1) is 26.7 Å². The molecule has 1 atom stereocenters. The van der Waals surface area contributed by atoms with Crippen LogP contribution in [-0.2, 0) is 11.2 Å². The molecule has 1 aliphatic rings. The van der Waals surface area contributed by atoms with Crippen LogP contribution in [0.4, 0.5) is 17.1 Å². The average molecular weight is 539 g/mol. The molecule has 0 aliphatic carbocycles. The zero-order chi connectivity index (χ0) is 25.3. The zero-order valence-electron chi connectivity index (χ0n) is 17.7. The summed E-state index contributed by atoms with van der Waals surface area (Å²) in [6, 6.07) is 14.0. The van der Waals surface area contributed by atoms with Crippen molar-refractivity contribution in [3.8, 4) is 0 Å². The van der Waals surface area contributed by atoms with E-state index in [1.165, 1.54) is 54.6 Å². The molecule has 0 saturated heterocycles. The second kappa shape index (κ2) is 9.43. The number of carbonyl (C=O) groups excluding carboxylic acids is 3. The number of nitro benzene ring substituents is 2. The molecule has 11 nitrogen and oxygen atoms in total. The molecule has 0 radical (unpaired) electrons. The lowest BCUT2D eigenvalue weighted by Crippen LogP contribution is -2.48. The molecule has 0 saturated carbocycles. The van der Waals surface area contributed by atoms with Crippen LogP contribution >= 0.6 is 15.9 Å². The van der Waals surface area contributed by atoms with Crippen LogP contribution in [0.2, 0.25) is 0 Å². The molecule has 3 aromatic rings. The highest BCUT2D eigenvalue weighted by molar-refractivity contribution is 9.10. The summed E-state index contributed by atoms with van der Waals surface area (Å²) in [6.07, 6.45) is -0.111. The van der Waals surface area contributed by atoms with Gasteiger partial charge in [-0.3, -0.25) is 39.5 Å². The molecule has 4 rings (SSSR count). The summed E-state index contributed by atoms with van der Waals surface area (Å²) in [6.45, 7) is 0. The molecule has 0 aromatic heterocycles. The minimum absolute atomic E-state index is 0.111. The Morgan fingerprint density at radius 1 is 0.886 bits per heavy atom. The molecule has 176 valence electrons. The second-order valence-electron chi connectivity index (χ2n) is 7.58. The normalized spacial score (nSPS) is 13.3. The number of hydrogen-bond acceptors (Lipinski definition) is 7. The highest BCUT2D eigenvalue weighted by Crippen LogP contribution is 2.30. The first-order chi connectivity index (χ1) is 16.7. The van der Waals surface area contributed by atoms with Gasteiger partial charge in [0.2, 0.25) is 5.91 Å². The third kappa shape index (κ3) is 4.64. The minimum atomic E-state index is -1.30. The van der Waals surface area contributed by atoms with E-state index in [0.717, 1.165) is 4.90 Å². The summed E-state index contributed by atoms with van der Waals surface area (Å²) in [4.78, 5) is 61.2. The molecule has 1 N–H and O–H groups in total. The van der Waals surface area contributed by atoms with Crippen LogP contribution in [0.3, 0.4) is 0 Å². The van der Waals surface area contributed by atoms with Crippen molar-refractivity contribution in [3.63, 3.8) is 0 Å². The van der Waals surface area contributed by atoms with Crippen molar-refractivity contribution in [3.05, 3.63) is 108 Å². The smallest absolute Gasteiger partial charge is 0.270 e. The Balaban J connectivity index is 1.68. The lowest BCUT2D eigenvalue weighted by Gasteiger charge is -2.25. The van der Waals surface area contributed by atoms with Gasteiger partial charge in [0.15, 0.2) is 0 Å². The molecule has 1 unspecified atom stereocenters. The number of hydrogen-bond donors (Lipinski definition) is 1. The van der Waals surface area contributed by atoms with Gasteiger partial charge in [-0.15, -0.1) is 0 Å². The molecule has 35 heavy (non-hydrogen) atoms. The molecule has 12 heteroatoms. The Kier molecular flexibility index (Phi) is 6.38. The number of carbonyl (C=O) groups is 3. The maximum absolute atomic E-state index is 13.4. The van der Waals surface area contributed by atoms with E-state index in [1.54, 1.807) is 12.1 Å². The third-order valence-corrected chi connectivity index (χ3v) is 6.09. The fourth-order valence-corrected chi connectivity index (χ4v) is 4.17. The largest absolute Gasteiger partial charge is 0.323 e. The van der Waals surface area contributed by atoms with Gasteiger partial charge in [-0.1, -0.05) is 24.3 Å². The molecule has 3 amide bonds. The van der Waals surface area contributed by atoms with E-state index in [0.29, 0.717) is 5.56 Å². The van der Waals surface area contributed by atoms with Crippen molar-refractivity contribution in [1.29, 1.82) is 0 Å². The zero-order valence-corrected chi connectivity index (χ0v) is 19.3. The summed E-state index contributed by atoms with van der Waals surface area (Å²) < 4.78 is 0.233. The van der Waals surface area contributed by atoms with E-state index in [-0.39, 0.29) is 39.1 Å². The van der Waals surface area contributed by atoms with E-state index in [9.17, 15) is 34.6 Å². The maximum atomic E-state index is 13.4. The third-order valence-electron chi connectivity index (χ3n) is 5.44. The fraction of sp³-hybridized carbons (Fsp3) is 0.0870. The lowest BCUT2D eigenvalue weighted by molar-refractivity contribution is -0.385. The molecule has 1 heterocycles. The average Bonchev–Trinajstić information content (AvgIpc) is 3.09. The molecule has 0 spiro atoms. The maximum Gasteiger partial charge on any atom is 0.270 e. The Bertz CT molecular complexity index is 1360. The van der Waals surface area contributed by atoms with Crippen LogP contribution in [0.1, 0.15) is 26.3 Å². The van der Waals surface area contributed by atoms with Gasteiger partial charge in [0, 0.05) is 35.2 Å². The predicted octanol–water partition coefficient (Wildman–Crippen LogP) is 4.11. The van der Waals surface area contributed by atoms with Crippen molar-refractivity contribution in [2.75, 3.05) is 5.32 Å². The van der Waals surface area contributed by atoms with E-state index < -0.39 is 33.6 Å². The van der Waals surface area contributed by atoms with Gasteiger partial charge in [0.1, 0.15) is 6.04 Å². The van der Waals surface area contributed by atoms with Crippen LogP contribution in [0.5, 0.6) is 0 Å². The summed E-state index contributed by atoms with van der Waals surface area (Å²) in [5.74, 6) is -2.00. The number of non-ortho nitro benzene ring substituents is 2. The number of benzene rings is 3. The monoisotopic (exact) mass is 538 g/mol. The summed E-state index contributed by atoms with van der Waals surface area (Å²) in [5.41, 5.74) is 0.662. The first-order valence-electron chi connectivity index (χ1n) is 10.1. The predicted molar refractivity (Wildman–Crippen MR) is 127 cm³/mol. The van der Waals surface area contributed by atoms with Crippen molar-refractivity contribution >= 4 is 50.7 Å². The lowest BCUT2D eigenvalue weighted by atomic mass is 10.0. The first kappa shape index (κ1) is 23.7. The minimum Gasteiger partial charge on any atom is -0.323 e. The SMILES string of the molecule is O=C(Nc1ccc([N+](=O)[O-])cc1Br)C(Cc1ccc([N+](=O)[O-])cc1)N1C(=O)c2ccccc2C1=O. The number of amides is 3. The van der Waals surface area contributed by atoms with Gasteiger partial charge in [0.25, 0.3) is 23.2 Å². The highest BCUT2D eigenvalue weighted by atomic mass is 79.9. The fourth-order valence-electron chi connectivity index (χ4n) is 3.70. The number of nitrogens with one attached hydrogen (secondary N) is 1. The number of imide groups is 1. The number of halogens is 1. The summed E-state index contributed by atoms with van der Waals surface area (Å²) in [7, 11) is 0. The highest BCUT2D eigenvalue weighted by Gasteiger charge is 2.42. The summed E-state index contributed by atoms with van der Waals surface area (Å²) in [5, 5.41) is 24.6. The molecular weight excluding hydrogens is 524 g/mol. The van der Waals surface area contributed by atoms with Crippen LogP contribution in [0.25, 0.3) is 0 Å². The van der Waals surface area contributed by atoms with Crippen LogP contribution < -0.4 is 5.32 Å². The standard InChI is InChI=1S/C23H15BrN4O7/c24-18-12-15(28(34)35)9-10-19(18)25-21(29)20(11-13-5-7-14(8-6-13)27(32)33)26-22(30)16-3-1-2-4-17(16)23(26)31/h1-10,12,20H,11H2,(H,25,29). The number of rotatable bonds is 7. The van der Waals surface area contributed by atoms with Crippen molar-refractivity contribution in [2.45, 2.75) is 12.5 Å². The first-order valence-corrected chi connectivity index (χ1v) is 10.9. The van der Waals surface area contributed by atoms with Crippen LogP contribution in [0.15, 0.2) is 71.2 Å². The Labute approximate surface area is 205 Å². The molecule has 3 aromatic carbocycles. The second-order valence-corrected chi connectivity index (χ2v) is 8.43. The Morgan fingerprint density at radius 2 is 1.43 bits per heavy atom. The van der Waals surface area contributed by atoms with E-state index in [2.05, 4.69) is 21.2 Å².